The first-order valence-electron chi connectivity index (χ1n) is 6.17. The Labute approximate surface area is 134 Å². The molecule has 22 heavy (non-hydrogen) atoms. The van der Waals surface area contributed by atoms with Crippen LogP contribution in [0.25, 0.3) is 0 Å². The van der Waals surface area contributed by atoms with Crippen molar-refractivity contribution in [2.45, 2.75) is 6.18 Å². The maximum absolute atomic E-state index is 12.7. The van der Waals surface area contributed by atoms with Crippen LogP contribution in [0, 0.1) is 0 Å². The molecule has 0 heterocycles. The van der Waals surface area contributed by atoms with Crippen molar-refractivity contribution in [3.05, 3.63) is 63.6 Å². The van der Waals surface area contributed by atoms with Crippen LogP contribution in [-0.2, 0) is 6.18 Å². The van der Waals surface area contributed by atoms with Gasteiger partial charge < -0.3 is 5.32 Å². The first-order valence-corrected chi connectivity index (χ1v) is 6.92. The number of rotatable bonds is 4. The van der Waals surface area contributed by atoms with E-state index >= 15 is 0 Å². The Hall–Kier alpha value is -1.72. The molecule has 0 aliphatic carbocycles. The average molecular weight is 348 g/mol. The lowest BCUT2D eigenvalue weighted by Crippen LogP contribution is -2.15. The SMILES string of the molecule is O=C(CNc1cc(C(F)(F)F)ccc1Cl)c1ccc(Cl)cc1. The van der Waals surface area contributed by atoms with Gasteiger partial charge in [0.1, 0.15) is 0 Å². The van der Waals surface area contributed by atoms with Crippen molar-refractivity contribution in [3.8, 4) is 0 Å². The molecule has 0 radical (unpaired) electrons. The molecule has 0 amide bonds. The third kappa shape index (κ3) is 4.15. The fraction of sp³-hybridized carbons (Fsp3) is 0.133. The zero-order valence-electron chi connectivity index (χ0n) is 11.0. The van der Waals surface area contributed by atoms with Crippen molar-refractivity contribution in [3.63, 3.8) is 0 Å². The molecular formula is C15H10Cl2F3NO. The van der Waals surface area contributed by atoms with E-state index in [-0.39, 0.29) is 23.0 Å². The average Bonchev–Trinajstić information content (AvgIpc) is 2.45. The Morgan fingerprint density at radius 3 is 2.27 bits per heavy atom. The minimum atomic E-state index is -4.47. The first-order chi connectivity index (χ1) is 10.3. The zero-order chi connectivity index (χ0) is 16.3. The monoisotopic (exact) mass is 347 g/mol. The van der Waals surface area contributed by atoms with Gasteiger partial charge in [0.05, 0.1) is 22.8 Å². The van der Waals surface area contributed by atoms with Crippen molar-refractivity contribution in [2.75, 3.05) is 11.9 Å². The standard InChI is InChI=1S/C15H10Cl2F3NO/c16-11-4-1-9(2-5-11)14(22)8-21-13-7-10(15(18,19)20)3-6-12(13)17/h1-7,21H,8H2. The molecule has 2 aromatic rings. The minimum absolute atomic E-state index is 0.0544. The van der Waals surface area contributed by atoms with Gasteiger partial charge in [0.15, 0.2) is 5.78 Å². The van der Waals surface area contributed by atoms with Gasteiger partial charge in [0, 0.05) is 10.6 Å². The number of hydrogen-bond acceptors (Lipinski definition) is 2. The van der Waals surface area contributed by atoms with E-state index in [0.717, 1.165) is 18.2 Å². The number of ketones is 1. The highest BCUT2D eigenvalue weighted by molar-refractivity contribution is 6.33. The van der Waals surface area contributed by atoms with Crippen molar-refractivity contribution in [1.82, 2.24) is 0 Å². The Kier molecular flexibility index (Phi) is 4.98. The van der Waals surface area contributed by atoms with Crippen LogP contribution in [0.1, 0.15) is 15.9 Å². The van der Waals surface area contributed by atoms with Gasteiger partial charge in [-0.2, -0.15) is 13.2 Å². The van der Waals surface area contributed by atoms with Gasteiger partial charge in [-0.1, -0.05) is 23.2 Å². The molecule has 2 aromatic carbocycles. The van der Waals surface area contributed by atoms with Gasteiger partial charge in [-0.05, 0) is 42.5 Å². The third-order valence-electron chi connectivity index (χ3n) is 2.90. The summed E-state index contributed by atoms with van der Waals surface area (Å²) >= 11 is 11.6. The molecule has 0 unspecified atom stereocenters. The molecule has 0 aromatic heterocycles. The van der Waals surface area contributed by atoms with Crippen molar-refractivity contribution >= 4 is 34.7 Å². The summed E-state index contributed by atoms with van der Waals surface area (Å²) in [5.41, 5.74) is -0.378. The highest BCUT2D eigenvalue weighted by Gasteiger charge is 2.30. The van der Waals surface area contributed by atoms with E-state index in [2.05, 4.69) is 5.32 Å². The lowest BCUT2D eigenvalue weighted by molar-refractivity contribution is -0.137. The maximum Gasteiger partial charge on any atom is 0.416 e. The summed E-state index contributed by atoms with van der Waals surface area (Å²) in [4.78, 5) is 12.0. The lowest BCUT2D eigenvalue weighted by atomic mass is 10.1. The van der Waals surface area contributed by atoms with Crippen molar-refractivity contribution < 1.29 is 18.0 Å². The minimum Gasteiger partial charge on any atom is -0.376 e. The van der Waals surface area contributed by atoms with Gasteiger partial charge in [0.2, 0.25) is 0 Å². The number of Topliss-reactive ketones (excluding diaryl/α,β-unsaturated/α-hetero) is 1. The molecule has 0 saturated heterocycles. The summed E-state index contributed by atoms with van der Waals surface area (Å²) in [6.07, 6.45) is -4.47. The van der Waals surface area contributed by atoms with Gasteiger partial charge in [0.25, 0.3) is 0 Å². The van der Waals surface area contributed by atoms with E-state index in [4.69, 9.17) is 23.2 Å². The number of benzene rings is 2. The molecule has 0 spiro atoms. The predicted molar refractivity (Wildman–Crippen MR) is 80.7 cm³/mol. The van der Waals surface area contributed by atoms with Crippen molar-refractivity contribution in [2.24, 2.45) is 0 Å². The fourth-order valence-electron chi connectivity index (χ4n) is 1.75. The zero-order valence-corrected chi connectivity index (χ0v) is 12.6. The van der Waals surface area contributed by atoms with E-state index in [9.17, 15) is 18.0 Å². The molecule has 0 saturated carbocycles. The second kappa shape index (κ2) is 6.58. The Morgan fingerprint density at radius 2 is 1.68 bits per heavy atom. The van der Waals surface area contributed by atoms with Crippen molar-refractivity contribution in [1.29, 1.82) is 0 Å². The molecule has 0 aliphatic rings. The summed E-state index contributed by atoms with van der Waals surface area (Å²) in [5.74, 6) is -0.287. The predicted octanol–water partition coefficient (Wildman–Crippen LogP) is 5.31. The topological polar surface area (TPSA) is 29.1 Å². The smallest absolute Gasteiger partial charge is 0.376 e. The molecule has 2 rings (SSSR count). The van der Waals surface area contributed by atoms with E-state index in [0.29, 0.717) is 10.6 Å². The highest BCUT2D eigenvalue weighted by atomic mass is 35.5. The van der Waals surface area contributed by atoms with E-state index in [1.54, 1.807) is 24.3 Å². The van der Waals surface area contributed by atoms with Crippen LogP contribution in [0.4, 0.5) is 18.9 Å². The normalized spacial score (nSPS) is 11.3. The van der Waals surface area contributed by atoms with E-state index < -0.39 is 11.7 Å². The number of carbonyl (C=O) groups is 1. The molecule has 7 heteroatoms. The van der Waals surface area contributed by atoms with Crippen LogP contribution < -0.4 is 5.32 Å². The molecule has 0 atom stereocenters. The molecule has 1 N–H and O–H groups in total. The Balaban J connectivity index is 2.11. The van der Waals surface area contributed by atoms with Gasteiger partial charge >= 0.3 is 6.18 Å². The lowest BCUT2D eigenvalue weighted by Gasteiger charge is -2.12. The number of hydrogen-bond donors (Lipinski definition) is 1. The highest BCUT2D eigenvalue weighted by Crippen LogP contribution is 2.33. The van der Waals surface area contributed by atoms with E-state index in [1.165, 1.54) is 0 Å². The molecule has 116 valence electrons. The first kappa shape index (κ1) is 16.6. The maximum atomic E-state index is 12.7. The molecule has 0 fully saturated rings. The van der Waals surface area contributed by atoms with Crippen LogP contribution in [0.3, 0.4) is 0 Å². The number of halogens is 5. The largest absolute Gasteiger partial charge is 0.416 e. The fourth-order valence-corrected chi connectivity index (χ4v) is 2.06. The second-order valence-electron chi connectivity index (χ2n) is 4.48. The van der Waals surface area contributed by atoms with Crippen LogP contribution in [0.5, 0.6) is 0 Å². The van der Waals surface area contributed by atoms with Crippen LogP contribution >= 0.6 is 23.2 Å². The number of alkyl halides is 3. The third-order valence-corrected chi connectivity index (χ3v) is 3.48. The van der Waals surface area contributed by atoms with Crippen LogP contribution in [-0.4, -0.2) is 12.3 Å². The van der Waals surface area contributed by atoms with Crippen LogP contribution in [0.15, 0.2) is 42.5 Å². The second-order valence-corrected chi connectivity index (χ2v) is 5.32. The van der Waals surface area contributed by atoms with Gasteiger partial charge in [-0.3, -0.25) is 4.79 Å². The van der Waals surface area contributed by atoms with Gasteiger partial charge in [-0.15, -0.1) is 0 Å². The summed E-state index contributed by atoms with van der Waals surface area (Å²) in [6, 6.07) is 9.10. The number of nitrogens with one attached hydrogen (secondary N) is 1. The molecular weight excluding hydrogens is 338 g/mol. The number of anilines is 1. The Bertz CT molecular complexity index is 684. The summed E-state index contributed by atoms with van der Waals surface area (Å²) in [6.45, 7) is -0.178. The van der Waals surface area contributed by atoms with Crippen LogP contribution in [0.2, 0.25) is 10.0 Å². The molecule has 0 aliphatic heterocycles. The molecule has 2 nitrogen and oxygen atoms in total. The Morgan fingerprint density at radius 1 is 1.05 bits per heavy atom. The summed E-state index contributed by atoms with van der Waals surface area (Å²) in [5, 5.41) is 3.22. The summed E-state index contributed by atoms with van der Waals surface area (Å²) < 4.78 is 38.0. The number of carbonyl (C=O) groups excluding carboxylic acids is 1. The quantitative estimate of drug-likeness (QED) is 0.759. The summed E-state index contributed by atoms with van der Waals surface area (Å²) in [7, 11) is 0. The van der Waals surface area contributed by atoms with E-state index in [1.807, 2.05) is 0 Å². The van der Waals surface area contributed by atoms with Gasteiger partial charge in [-0.25, -0.2) is 0 Å². The molecule has 0 bridgehead atoms.